The lowest BCUT2D eigenvalue weighted by Crippen LogP contribution is -2.70. The number of amides is 2. The van der Waals surface area contributed by atoms with E-state index in [-0.39, 0.29) is 11.3 Å². The van der Waals surface area contributed by atoms with Crippen molar-refractivity contribution in [2.24, 2.45) is 17.6 Å². The van der Waals surface area contributed by atoms with E-state index in [1.54, 1.807) is 32.0 Å². The predicted molar refractivity (Wildman–Crippen MR) is 167 cm³/mol. The molecule has 0 aromatic heterocycles. The number of carbonyl (C=O) groups is 4. The van der Waals surface area contributed by atoms with Gasteiger partial charge >= 0.3 is 0 Å². The summed E-state index contributed by atoms with van der Waals surface area (Å²) in [6, 6.07) is 10.3. The minimum atomic E-state index is -3.01. The van der Waals surface area contributed by atoms with Crippen molar-refractivity contribution in [3.05, 3.63) is 76.1 Å². The van der Waals surface area contributed by atoms with Crippen molar-refractivity contribution < 1.29 is 44.7 Å². The molecule has 13 nitrogen and oxygen atoms in total. The van der Waals surface area contributed by atoms with Crippen LogP contribution in [0.25, 0.3) is 5.76 Å². The summed E-state index contributed by atoms with van der Waals surface area (Å²) in [7, 11) is 6.36. The fourth-order valence-electron chi connectivity index (χ4n) is 7.28. The molecule has 0 bridgehead atoms. The second kappa shape index (κ2) is 11.7. The number of aliphatic hydroxyl groups excluding tert-OH is 3. The molecule has 2 aromatic rings. The topological polar surface area (TPSA) is 214 Å². The molecule has 3 aliphatic carbocycles. The lowest BCUT2D eigenvalue weighted by molar-refractivity contribution is -0.169. The number of hydrogen-bond donors (Lipinski definition) is 7. The number of nitrogens with two attached hydrogens (primary N) is 1. The van der Waals surface area contributed by atoms with Crippen LogP contribution in [-0.4, -0.2) is 111 Å². The molecule has 2 aromatic carbocycles. The smallest absolute Gasteiger partial charge is 0.255 e. The van der Waals surface area contributed by atoms with Crippen LogP contribution in [0.1, 0.15) is 29.5 Å². The summed E-state index contributed by atoms with van der Waals surface area (Å²) in [5, 5.41) is 60.3. The van der Waals surface area contributed by atoms with Crippen molar-refractivity contribution in [3.8, 4) is 5.75 Å². The molecule has 1 saturated carbocycles. The molecule has 8 N–H and O–H groups in total. The number of carbonyl (C=O) groups excluding carboxylic acids is 4. The highest BCUT2D eigenvalue weighted by Gasteiger charge is 2.68. The summed E-state index contributed by atoms with van der Waals surface area (Å²) in [6.07, 6.45) is -1.33. The zero-order valence-corrected chi connectivity index (χ0v) is 26.1. The highest BCUT2D eigenvalue weighted by molar-refractivity contribution is 6.24. The zero-order chi connectivity index (χ0) is 34.0. The van der Waals surface area contributed by atoms with E-state index < -0.39 is 93.3 Å². The van der Waals surface area contributed by atoms with E-state index in [0.29, 0.717) is 12.0 Å². The molecule has 5 unspecified atom stereocenters. The van der Waals surface area contributed by atoms with Crippen LogP contribution in [0, 0.1) is 11.8 Å². The summed E-state index contributed by atoms with van der Waals surface area (Å²) in [4.78, 5) is 56.2. The van der Waals surface area contributed by atoms with Gasteiger partial charge in [-0.3, -0.25) is 29.0 Å². The third-order valence-corrected chi connectivity index (χ3v) is 9.59. The van der Waals surface area contributed by atoms with Crippen molar-refractivity contribution in [1.82, 2.24) is 9.80 Å². The van der Waals surface area contributed by atoms with Gasteiger partial charge in [-0.25, -0.2) is 0 Å². The number of aliphatic hydroxyl groups is 4. The van der Waals surface area contributed by atoms with Crippen LogP contribution in [0.15, 0.2) is 59.4 Å². The Morgan fingerprint density at radius 1 is 1.02 bits per heavy atom. The highest BCUT2D eigenvalue weighted by Crippen LogP contribution is 2.56. The van der Waals surface area contributed by atoms with Crippen LogP contribution in [0.5, 0.6) is 5.75 Å². The Balaban J connectivity index is 1.61. The monoisotopic (exact) mass is 634 g/mol. The van der Waals surface area contributed by atoms with Crippen molar-refractivity contribution >= 4 is 34.8 Å². The Kier molecular flexibility index (Phi) is 8.32. The second-order valence-electron chi connectivity index (χ2n) is 12.6. The number of aromatic hydroxyl groups is 1. The number of phenols is 1. The van der Waals surface area contributed by atoms with Crippen LogP contribution < -0.4 is 11.1 Å². The summed E-state index contributed by atoms with van der Waals surface area (Å²) >= 11 is 0. The minimum Gasteiger partial charge on any atom is -0.508 e. The van der Waals surface area contributed by atoms with Crippen LogP contribution in [-0.2, 0) is 25.6 Å². The number of nitrogens with zero attached hydrogens (tertiary/aromatic N) is 2. The van der Waals surface area contributed by atoms with E-state index in [2.05, 4.69) is 5.32 Å². The van der Waals surface area contributed by atoms with Gasteiger partial charge in [-0.2, -0.15) is 0 Å². The number of phenolic OH excluding ortho intramolecular Hbond substituents is 1. The van der Waals surface area contributed by atoms with E-state index in [9.17, 15) is 44.7 Å². The van der Waals surface area contributed by atoms with Crippen LogP contribution in [0.3, 0.4) is 0 Å². The summed E-state index contributed by atoms with van der Waals surface area (Å²) < 4.78 is 0. The number of likely N-dealkylation sites (N-methyl/N-ethyl adjacent to an activating group) is 2. The average Bonchev–Trinajstić information content (AvgIpc) is 2.98. The molecule has 0 spiro atoms. The Morgan fingerprint density at radius 3 is 2.22 bits per heavy atom. The van der Waals surface area contributed by atoms with Gasteiger partial charge in [-0.05, 0) is 57.7 Å². The maximum Gasteiger partial charge on any atom is 0.255 e. The minimum absolute atomic E-state index is 0.0588. The molecule has 2 amide bonds. The Bertz CT molecular complexity index is 1700. The van der Waals surface area contributed by atoms with Gasteiger partial charge in [0.05, 0.1) is 35.4 Å². The lowest BCUT2D eigenvalue weighted by Gasteiger charge is -2.53. The molecule has 13 heteroatoms. The fraction of sp³-hybridized carbons (Fsp3) is 0.394. The highest BCUT2D eigenvalue weighted by atomic mass is 16.4. The molecule has 0 radical (unpaired) electrons. The third kappa shape index (κ3) is 4.78. The third-order valence-electron chi connectivity index (χ3n) is 9.59. The number of Topliss-reactive ketones (excluding diaryl/α,β-unsaturated/α-hetero) is 2. The van der Waals surface area contributed by atoms with Crippen molar-refractivity contribution in [1.29, 1.82) is 0 Å². The second-order valence-corrected chi connectivity index (χ2v) is 12.6. The number of primary amides is 1. The number of benzene rings is 2. The van der Waals surface area contributed by atoms with Gasteiger partial charge in [-0.15, -0.1) is 0 Å². The first kappa shape index (κ1) is 32.8. The van der Waals surface area contributed by atoms with E-state index in [1.165, 1.54) is 25.1 Å². The molecular formula is C33H38N4O9. The van der Waals surface area contributed by atoms with Crippen molar-refractivity contribution in [3.63, 3.8) is 0 Å². The molecule has 5 rings (SSSR count). The Hall–Kier alpha value is -4.56. The normalized spacial score (nSPS) is 28.2. The lowest BCUT2D eigenvalue weighted by atomic mass is 9.54. The van der Waals surface area contributed by atoms with E-state index in [4.69, 9.17) is 5.73 Å². The molecule has 0 heterocycles. The molecule has 46 heavy (non-hydrogen) atoms. The van der Waals surface area contributed by atoms with Crippen LogP contribution in [0.4, 0.5) is 5.69 Å². The number of rotatable bonds is 7. The van der Waals surface area contributed by atoms with E-state index >= 15 is 0 Å². The first-order valence-corrected chi connectivity index (χ1v) is 14.8. The molecule has 1 fully saturated rings. The van der Waals surface area contributed by atoms with Gasteiger partial charge in [0.2, 0.25) is 11.7 Å². The van der Waals surface area contributed by atoms with Crippen molar-refractivity contribution in [2.45, 2.75) is 43.1 Å². The van der Waals surface area contributed by atoms with Gasteiger partial charge in [0, 0.05) is 11.5 Å². The van der Waals surface area contributed by atoms with Gasteiger partial charge in [0.1, 0.15) is 22.8 Å². The maximum atomic E-state index is 14.2. The largest absolute Gasteiger partial charge is 0.508 e. The first-order chi connectivity index (χ1) is 21.5. The predicted octanol–water partition coefficient (Wildman–Crippen LogP) is 0.607. The van der Waals surface area contributed by atoms with E-state index in [0.717, 1.165) is 5.56 Å². The zero-order valence-electron chi connectivity index (χ0n) is 26.1. The quantitative estimate of drug-likeness (QED) is 0.165. The number of ketones is 2. The van der Waals surface area contributed by atoms with Gasteiger partial charge in [0.15, 0.2) is 11.4 Å². The molecule has 0 saturated heterocycles. The molecular weight excluding hydrogens is 596 g/mol. The standard InChI is InChI=1S/C33H38N4O9/c1-14-16-11-12-17(35-32(45)18(36(2)3)13-15-9-7-6-8-10-15)25(38)20(16)26(39)21-19(14)27(40)23-24(37(4)5)28(41)22(31(34)44)30(43)33(23,46)29(21)42/h6-12,14,18-19,23-24,27,38-40,43,46H,13H2,1-5H3,(H2,34,44)(H,35,45)/t14?,18-,19?,23?,24-,27?,33?/m0/s1. The molecule has 7 atom stereocenters. The number of fused-ring (bicyclic) bond motifs is 3. The van der Waals surface area contributed by atoms with Gasteiger partial charge in [0.25, 0.3) is 5.91 Å². The number of nitrogens with one attached hydrogen (secondary N) is 1. The summed E-state index contributed by atoms with van der Waals surface area (Å²) in [6.45, 7) is 1.64. The molecule has 244 valence electrons. The Labute approximate surface area is 265 Å². The number of hydrogen-bond acceptors (Lipinski definition) is 11. The first-order valence-electron chi connectivity index (χ1n) is 14.8. The van der Waals surface area contributed by atoms with Crippen LogP contribution in [0.2, 0.25) is 0 Å². The SMILES string of the molecule is CC1c2ccc(NC(=O)[C@H](Cc3ccccc3)N(C)C)c(O)c2C(O)=C2C(=O)C3(O)C(O)=C(C(N)=O)C(=O)[C@@H](N(C)C)C3C(O)C21. The van der Waals surface area contributed by atoms with Crippen molar-refractivity contribution in [2.75, 3.05) is 33.5 Å². The molecule has 3 aliphatic rings. The number of anilines is 1. The molecule has 0 aliphatic heterocycles. The van der Waals surface area contributed by atoms with Gasteiger partial charge < -0.3 is 36.6 Å². The van der Waals surface area contributed by atoms with Crippen LogP contribution >= 0.6 is 0 Å². The van der Waals surface area contributed by atoms with Gasteiger partial charge in [-0.1, -0.05) is 43.3 Å². The fourth-order valence-corrected chi connectivity index (χ4v) is 7.28. The van der Waals surface area contributed by atoms with E-state index in [1.807, 2.05) is 30.3 Å². The average molecular weight is 635 g/mol. The summed E-state index contributed by atoms with van der Waals surface area (Å²) in [5.41, 5.74) is 1.82. The Morgan fingerprint density at radius 2 is 1.65 bits per heavy atom. The maximum absolute atomic E-state index is 14.2. The summed E-state index contributed by atoms with van der Waals surface area (Å²) in [5.74, 6) is -10.3.